The van der Waals surface area contributed by atoms with E-state index in [2.05, 4.69) is 45.3 Å². The molecule has 4 atom stereocenters. The van der Waals surface area contributed by atoms with Crippen molar-refractivity contribution in [3.8, 4) is 17.4 Å². The highest BCUT2D eigenvalue weighted by molar-refractivity contribution is 5.68. The van der Waals surface area contributed by atoms with Gasteiger partial charge in [0.05, 0.1) is 24.2 Å². The first-order valence-electron chi connectivity index (χ1n) is 11.4. The molecule has 2 N–H and O–H groups in total. The van der Waals surface area contributed by atoms with Crippen molar-refractivity contribution in [3.05, 3.63) is 65.0 Å². The topological polar surface area (TPSA) is 88.4 Å². The molecule has 6 heteroatoms. The van der Waals surface area contributed by atoms with Gasteiger partial charge in [0.25, 0.3) is 0 Å². The van der Waals surface area contributed by atoms with Crippen LogP contribution in [0.2, 0.25) is 0 Å². The normalized spacial score (nSPS) is 26.5. The molecule has 1 aromatic heterocycles. The second kappa shape index (κ2) is 8.60. The molecule has 5 rings (SSSR count). The summed E-state index contributed by atoms with van der Waals surface area (Å²) in [6.45, 7) is 3.83. The Morgan fingerprint density at radius 2 is 1.94 bits per heavy atom. The Morgan fingerprint density at radius 1 is 1.06 bits per heavy atom. The lowest BCUT2D eigenvalue weighted by Gasteiger charge is -2.28. The predicted molar refractivity (Wildman–Crippen MR) is 123 cm³/mol. The van der Waals surface area contributed by atoms with Crippen molar-refractivity contribution in [1.82, 2.24) is 15.0 Å². The van der Waals surface area contributed by atoms with E-state index in [0.717, 1.165) is 24.8 Å². The number of hydrogen-bond donors (Lipinski definition) is 2. The quantitative estimate of drug-likeness (QED) is 0.712. The smallest absolute Gasteiger partial charge is 0.320 e. The van der Waals surface area contributed by atoms with Crippen LogP contribution in [0.25, 0.3) is 17.5 Å². The molecule has 0 aliphatic heterocycles. The summed E-state index contributed by atoms with van der Waals surface area (Å²) in [5, 5.41) is 21.0. The van der Waals surface area contributed by atoms with Gasteiger partial charge in [0.2, 0.25) is 0 Å². The van der Waals surface area contributed by atoms with Crippen molar-refractivity contribution < 1.29 is 14.9 Å². The summed E-state index contributed by atoms with van der Waals surface area (Å²) in [5.74, 6) is 0.736. The lowest BCUT2D eigenvalue weighted by molar-refractivity contribution is 0.0648. The first-order valence-corrected chi connectivity index (χ1v) is 11.4. The zero-order valence-electron chi connectivity index (χ0n) is 18.5. The fourth-order valence-electron chi connectivity index (χ4n) is 4.78. The van der Waals surface area contributed by atoms with Gasteiger partial charge < -0.3 is 14.9 Å². The second-order valence-electron chi connectivity index (χ2n) is 9.12. The van der Waals surface area contributed by atoms with Crippen molar-refractivity contribution in [2.45, 2.75) is 63.8 Å². The average Bonchev–Trinajstić information content (AvgIpc) is 2.76. The first-order chi connectivity index (χ1) is 15.5. The molecule has 4 unspecified atom stereocenters. The average molecular weight is 432 g/mol. The molecular formula is C26H29N3O3. The van der Waals surface area contributed by atoms with Gasteiger partial charge in [0, 0.05) is 11.5 Å². The summed E-state index contributed by atoms with van der Waals surface area (Å²) in [6.07, 6.45) is 12.3. The fourth-order valence-corrected chi connectivity index (χ4v) is 4.78. The van der Waals surface area contributed by atoms with Crippen LogP contribution in [-0.2, 0) is 6.42 Å². The number of aliphatic hydroxyl groups is 2. The van der Waals surface area contributed by atoms with Gasteiger partial charge in [-0.1, -0.05) is 48.1 Å². The van der Waals surface area contributed by atoms with E-state index in [1.807, 2.05) is 19.9 Å². The van der Waals surface area contributed by atoms with Gasteiger partial charge in [0.15, 0.2) is 5.82 Å². The third-order valence-corrected chi connectivity index (χ3v) is 6.39. The molecule has 6 nitrogen and oxygen atoms in total. The number of benzene rings is 1. The largest absolute Gasteiger partial charge is 0.461 e. The Labute approximate surface area is 188 Å². The Balaban J connectivity index is 1.56. The lowest BCUT2D eigenvalue weighted by atomic mass is 9.78. The number of allylic oxidation sites excluding steroid dienone is 3. The first kappa shape index (κ1) is 21.0. The summed E-state index contributed by atoms with van der Waals surface area (Å²) in [6, 6.07) is 6.53. The maximum Gasteiger partial charge on any atom is 0.320 e. The number of aliphatic hydroxyl groups excluding tert-OH is 2. The summed E-state index contributed by atoms with van der Waals surface area (Å²) in [4.78, 5) is 13.7. The SMILES string of the molecule is CC(C)Oc1nc(-c2ccc3c(c2)C=C2CCC=CC2C3)nc(C2C(O)C=CCC2O)n1. The Hall–Kier alpha value is -2.83. The second-order valence-corrected chi connectivity index (χ2v) is 9.12. The van der Waals surface area contributed by atoms with Crippen LogP contribution >= 0.6 is 0 Å². The van der Waals surface area contributed by atoms with Crippen molar-refractivity contribution in [2.75, 3.05) is 0 Å². The molecule has 0 saturated carbocycles. The van der Waals surface area contributed by atoms with Crippen LogP contribution < -0.4 is 4.74 Å². The molecule has 2 aromatic rings. The van der Waals surface area contributed by atoms with Gasteiger partial charge in [-0.25, -0.2) is 4.98 Å². The van der Waals surface area contributed by atoms with E-state index in [-0.39, 0.29) is 12.1 Å². The number of rotatable bonds is 4. The monoisotopic (exact) mass is 431 g/mol. The van der Waals surface area contributed by atoms with E-state index in [0.29, 0.717) is 24.0 Å². The fraction of sp³-hybridized carbons (Fsp3) is 0.423. The van der Waals surface area contributed by atoms with E-state index in [4.69, 9.17) is 4.74 Å². The highest BCUT2D eigenvalue weighted by Gasteiger charge is 2.33. The van der Waals surface area contributed by atoms with Crippen LogP contribution in [0.15, 0.2) is 48.1 Å². The molecule has 32 heavy (non-hydrogen) atoms. The molecule has 0 amide bonds. The van der Waals surface area contributed by atoms with Crippen LogP contribution in [-0.4, -0.2) is 43.5 Å². The summed E-state index contributed by atoms with van der Waals surface area (Å²) in [5.41, 5.74) is 4.89. The number of nitrogens with zero attached hydrogens (tertiary/aromatic N) is 3. The highest BCUT2D eigenvalue weighted by atomic mass is 16.5. The van der Waals surface area contributed by atoms with Crippen LogP contribution in [0.4, 0.5) is 0 Å². The van der Waals surface area contributed by atoms with Crippen molar-refractivity contribution in [2.24, 2.45) is 5.92 Å². The van der Waals surface area contributed by atoms with Gasteiger partial charge in [-0.15, -0.1) is 0 Å². The minimum absolute atomic E-state index is 0.108. The maximum absolute atomic E-state index is 10.5. The highest BCUT2D eigenvalue weighted by Crippen LogP contribution is 2.36. The van der Waals surface area contributed by atoms with Crippen LogP contribution in [0, 0.1) is 5.92 Å². The van der Waals surface area contributed by atoms with Crippen molar-refractivity contribution >= 4 is 6.08 Å². The van der Waals surface area contributed by atoms with E-state index in [1.165, 1.54) is 16.7 Å². The van der Waals surface area contributed by atoms with E-state index in [1.54, 1.807) is 12.2 Å². The van der Waals surface area contributed by atoms with Crippen molar-refractivity contribution in [1.29, 1.82) is 0 Å². The number of fused-ring (bicyclic) bond motifs is 2. The number of ether oxygens (including phenoxy) is 1. The van der Waals surface area contributed by atoms with Crippen molar-refractivity contribution in [3.63, 3.8) is 0 Å². The summed E-state index contributed by atoms with van der Waals surface area (Å²) in [7, 11) is 0. The Morgan fingerprint density at radius 3 is 2.75 bits per heavy atom. The minimum atomic E-state index is -0.856. The van der Waals surface area contributed by atoms with Crippen LogP contribution in [0.1, 0.15) is 56.0 Å². The molecular weight excluding hydrogens is 402 g/mol. The molecule has 1 heterocycles. The molecule has 3 aliphatic rings. The standard InChI is InChI=1S/C26H29N3O3/c1-15(2)32-26-28-24(27-25(29-26)23-21(30)8-5-9-22(23)31)19-11-10-18-12-16-6-3-4-7-17(16)13-20(18)14-19/h3,5-6,8,10-11,13-16,21-23,30-31H,4,7,9,12H2,1-2H3. The molecule has 0 saturated heterocycles. The number of aromatic nitrogens is 3. The maximum atomic E-state index is 10.5. The van der Waals surface area contributed by atoms with Gasteiger partial charge >= 0.3 is 6.01 Å². The third kappa shape index (κ3) is 4.12. The zero-order valence-corrected chi connectivity index (χ0v) is 18.5. The van der Waals surface area contributed by atoms with Gasteiger partial charge in [-0.3, -0.25) is 0 Å². The Kier molecular flexibility index (Phi) is 5.66. The number of hydrogen-bond acceptors (Lipinski definition) is 6. The van der Waals surface area contributed by atoms with Gasteiger partial charge in [-0.05, 0) is 56.7 Å². The predicted octanol–water partition coefficient (Wildman–Crippen LogP) is 4.00. The third-order valence-electron chi connectivity index (χ3n) is 6.39. The minimum Gasteiger partial charge on any atom is -0.461 e. The summed E-state index contributed by atoms with van der Waals surface area (Å²) >= 11 is 0. The van der Waals surface area contributed by atoms with E-state index >= 15 is 0 Å². The van der Waals surface area contributed by atoms with Crippen LogP contribution in [0.3, 0.4) is 0 Å². The lowest BCUT2D eigenvalue weighted by Crippen LogP contribution is -2.33. The molecule has 0 fully saturated rings. The Bertz CT molecular complexity index is 1110. The molecule has 0 bridgehead atoms. The molecule has 0 spiro atoms. The summed E-state index contributed by atoms with van der Waals surface area (Å²) < 4.78 is 5.80. The molecule has 0 radical (unpaired) electrons. The van der Waals surface area contributed by atoms with Gasteiger partial charge in [0.1, 0.15) is 5.82 Å². The molecule has 3 aliphatic carbocycles. The van der Waals surface area contributed by atoms with Gasteiger partial charge in [-0.2, -0.15) is 9.97 Å². The molecule has 1 aromatic carbocycles. The van der Waals surface area contributed by atoms with E-state index in [9.17, 15) is 10.2 Å². The van der Waals surface area contributed by atoms with Crippen LogP contribution in [0.5, 0.6) is 6.01 Å². The van der Waals surface area contributed by atoms with E-state index < -0.39 is 18.1 Å². The zero-order chi connectivity index (χ0) is 22.2. The molecule has 166 valence electrons.